The number of cyclic esters (lactones) is 1. The third kappa shape index (κ3) is 27.1. The van der Waals surface area contributed by atoms with Crippen LogP contribution in [0.3, 0.4) is 0 Å². The van der Waals surface area contributed by atoms with E-state index in [9.17, 15) is 62.1 Å². The van der Waals surface area contributed by atoms with Crippen molar-refractivity contribution in [2.24, 2.45) is 35.5 Å². The van der Waals surface area contributed by atoms with Gasteiger partial charge in [0.2, 0.25) is 23.6 Å². The summed E-state index contributed by atoms with van der Waals surface area (Å²) in [5.41, 5.74) is 10.0. The van der Waals surface area contributed by atoms with Crippen LogP contribution in [-0.4, -0.2) is 302 Å². The highest BCUT2D eigenvalue weighted by Gasteiger charge is 2.54. The van der Waals surface area contributed by atoms with Crippen LogP contribution in [0.4, 0.5) is 26.9 Å². The number of aromatic nitrogens is 5. The summed E-state index contributed by atoms with van der Waals surface area (Å²) in [6.45, 7) is 20.3. The molecule has 0 radical (unpaired) electrons. The van der Waals surface area contributed by atoms with E-state index in [4.69, 9.17) is 43.6 Å². The van der Waals surface area contributed by atoms with Gasteiger partial charge in [-0.05, 0) is 161 Å². The standard InChI is InChI=1S/C99H135FN14O21S/c1-61-17-13-12-14-18-62(2)81(128-9)52-75-24-20-67(7)99(125,135-75)91(119)94(122)114-32-16-15-19-77(114)95(123)133-82(53-78(115)63(3)48-66(6)89(118)90(130-11)88(117)65(5)47-61)64(4)49-69-21-26-80(83(50-69)129-10)134-98(124)108-56-70-54-104-96(105-55-70)112-39-37-110(38-40-112)86(116)30-43-131-44-41-109-33-35-111(36-34-109)97-106-58-74(59-107-97)92(120)102-31-46-136(126,127)84-28-25-76(68(8)87(84)100)93(121)113-42-45-132-79-27-22-71(51-73(79)60-113)72-23-29-85(101)103-57-72/h12-14,17-18,22-23,25,27-29,48,51,54-55,57-59,61,63-65,67,69,75,77-78,80-83,89-90,115,118,125H,15-16,19-21,24,26,30-47,49-50,52-53,56,60H2,1-11H3,(H2,101,103)(H,102,120)(H,108,124)/b14-12?,17-13+,62-18?,66-48+/t61-,63-,64-,65-,67-,69+,75+,77+,78-,80-,81+,82+,83-,89-,90+,99-/m1/s1. The number of anilines is 3. The number of rotatable bonds is 24. The molecule has 0 spiro atoms. The molecule has 4 saturated heterocycles. The highest BCUT2D eigenvalue weighted by Crippen LogP contribution is 2.40. The Morgan fingerprint density at radius 1 is 0.721 bits per heavy atom. The Morgan fingerprint density at radius 2 is 1.43 bits per heavy atom. The van der Waals surface area contributed by atoms with E-state index < -0.39 is 146 Å². The Labute approximate surface area is 795 Å². The number of carbonyl (C=O) groups is 8. The van der Waals surface area contributed by atoms with Gasteiger partial charge in [0.25, 0.3) is 23.5 Å². The van der Waals surface area contributed by atoms with Crippen molar-refractivity contribution >= 4 is 74.8 Å². The quantitative estimate of drug-likeness (QED) is 0.0145. The minimum absolute atomic E-state index is 0.00901. The number of carbonyl (C=O) groups excluding carboxylic acids is 8. The number of piperidine rings is 1. The second-order valence-corrected chi connectivity index (χ2v) is 39.3. The van der Waals surface area contributed by atoms with Crippen LogP contribution in [0.5, 0.6) is 5.75 Å². The van der Waals surface area contributed by atoms with E-state index in [0.29, 0.717) is 158 Å². The number of hydrogen-bond acceptors (Lipinski definition) is 30. The SMILES string of the molecule is CO[C@H]1C[C@@H]2CC[C@@H](C)[C@@](O)(O2)C(=O)C(=O)N2CCCC[C@H]2C(=O)O[C@H]([C@H](C)C[C@@H]2CC[C@@H](OC(=O)NCc3cnc(N4CCN(C(=O)CCOCCN5CCN(c6ncc(C(=O)NCCS(=O)(=O)c7ccc(C(=O)N8CCOc9ccc(-c%10ccc(N)nc%10)cc9C8)c(C)c7F)cn6)CC5)CC4)nc3)[C@H](OC)C2)C[C@@H](O)[C@H](C)/C=C(\C)[C@@H](O)[C@@H](OC)C(=O)[C@H](C)C[C@H](C)/C=C/C=CC=C1C. The molecule has 35 nitrogen and oxygen atoms in total. The fourth-order valence-corrected chi connectivity index (χ4v) is 20.3. The van der Waals surface area contributed by atoms with E-state index in [2.05, 4.69) is 40.5 Å². The number of ketones is 2. The number of sulfone groups is 1. The normalized spacial score (nSPS) is 27.4. The molecule has 7 aliphatic rings. The van der Waals surface area contributed by atoms with E-state index in [1.54, 1.807) is 70.6 Å². The first-order chi connectivity index (χ1) is 65.1. The van der Waals surface area contributed by atoms with Gasteiger partial charge in [0.05, 0.1) is 61.9 Å². The number of nitrogens with zero attached hydrogens (tertiary/aromatic N) is 11. The number of alkyl carbamates (subject to hydrolysis) is 1. The van der Waals surface area contributed by atoms with Crippen LogP contribution in [0, 0.1) is 48.2 Å². The summed E-state index contributed by atoms with van der Waals surface area (Å²) in [4.78, 5) is 144. The molecule has 2 aromatic carbocycles. The first kappa shape index (κ1) is 104. The Hall–Kier alpha value is -10.6. The summed E-state index contributed by atoms with van der Waals surface area (Å²) in [5, 5.41) is 41.4. The number of esters is 1. The van der Waals surface area contributed by atoms with Gasteiger partial charge in [-0.2, -0.15) is 0 Å². The number of hydrogen-bond donors (Lipinski definition) is 6. The molecule has 9 heterocycles. The molecule has 7 N–H and O–H groups in total. The van der Waals surface area contributed by atoms with Crippen LogP contribution in [0.15, 0.2) is 126 Å². The molecule has 5 amide bonds. The fraction of sp³-hybridized carbons (Fsp3) is 0.586. The zero-order chi connectivity index (χ0) is 97.7. The number of halogens is 1. The summed E-state index contributed by atoms with van der Waals surface area (Å²) < 4.78 is 91.2. The average Bonchev–Trinajstić information content (AvgIpc) is 0.824. The van der Waals surface area contributed by atoms with E-state index in [0.717, 1.165) is 28.3 Å². The van der Waals surface area contributed by atoms with Crippen molar-refractivity contribution in [3.05, 3.63) is 155 Å². The van der Waals surface area contributed by atoms with Gasteiger partial charge in [-0.1, -0.05) is 77.1 Å². The highest BCUT2D eigenvalue weighted by molar-refractivity contribution is 7.91. The number of nitrogens with one attached hydrogen (secondary N) is 2. The molecule has 16 atom stereocenters. The number of aliphatic hydroxyl groups excluding tert-OH is 2. The number of benzene rings is 2. The van der Waals surface area contributed by atoms with Crippen molar-refractivity contribution in [1.29, 1.82) is 0 Å². The number of nitrogen functional groups attached to an aromatic ring is 1. The Morgan fingerprint density at radius 3 is 2.13 bits per heavy atom. The van der Waals surface area contributed by atoms with Gasteiger partial charge in [0.15, 0.2) is 15.6 Å². The van der Waals surface area contributed by atoms with Crippen LogP contribution in [0.25, 0.3) is 11.1 Å². The molecule has 0 unspecified atom stereocenters. The zero-order valence-electron chi connectivity index (χ0n) is 79.9. The first-order valence-electron chi connectivity index (χ1n) is 47.5. The number of nitrogens with two attached hydrogens (primary N) is 1. The fourth-order valence-electron chi connectivity index (χ4n) is 19.0. The molecule has 1 aliphatic carbocycles. The maximum Gasteiger partial charge on any atom is 0.407 e. The minimum atomic E-state index is -4.27. The van der Waals surface area contributed by atoms with Crippen molar-refractivity contribution < 1.29 is 104 Å². The molecular weight excluding hydrogens is 1770 g/mol. The Bertz CT molecular complexity index is 5190. The number of piperazine rings is 2. The average molecular weight is 1910 g/mol. The first-order valence-corrected chi connectivity index (χ1v) is 49.2. The molecule has 2 bridgehead atoms. The van der Waals surface area contributed by atoms with Crippen LogP contribution in [0.1, 0.15) is 169 Å². The Kier molecular flexibility index (Phi) is 37.3. The van der Waals surface area contributed by atoms with Crippen molar-refractivity contribution in [2.75, 3.05) is 141 Å². The van der Waals surface area contributed by atoms with Crippen LogP contribution in [0.2, 0.25) is 0 Å². The summed E-state index contributed by atoms with van der Waals surface area (Å²) in [5.74, 6) is -9.02. The van der Waals surface area contributed by atoms with Crippen molar-refractivity contribution in [3.63, 3.8) is 0 Å². The van der Waals surface area contributed by atoms with Gasteiger partial charge >= 0.3 is 12.1 Å². The smallest absolute Gasteiger partial charge is 0.407 e. The molecule has 6 aliphatic heterocycles. The van der Waals surface area contributed by atoms with E-state index >= 15 is 4.39 Å². The lowest BCUT2D eigenvalue weighted by atomic mass is 9.78. The van der Waals surface area contributed by atoms with Crippen LogP contribution < -0.4 is 30.9 Å². The Balaban J connectivity index is 0.550. The highest BCUT2D eigenvalue weighted by atomic mass is 32.2. The van der Waals surface area contributed by atoms with Crippen LogP contribution >= 0.6 is 0 Å². The van der Waals surface area contributed by atoms with Crippen molar-refractivity contribution in [2.45, 2.75) is 218 Å². The predicted molar refractivity (Wildman–Crippen MR) is 504 cm³/mol. The lowest BCUT2D eigenvalue weighted by Gasteiger charge is -2.43. The molecular formula is C99H135FN14O21S. The van der Waals surface area contributed by atoms with E-state index in [1.807, 2.05) is 92.1 Å². The maximum atomic E-state index is 16.0. The number of fused-ring (bicyclic) bond motifs is 4. The van der Waals surface area contributed by atoms with Gasteiger partial charge in [-0.15, -0.1) is 0 Å². The number of methoxy groups -OCH3 is 3. The van der Waals surface area contributed by atoms with Gasteiger partial charge < -0.3 is 94.1 Å². The van der Waals surface area contributed by atoms with Gasteiger partial charge in [0.1, 0.15) is 59.3 Å². The summed E-state index contributed by atoms with van der Waals surface area (Å²) in [6.07, 6.45) is 16.3. The molecule has 3 aromatic heterocycles. The number of pyridine rings is 1. The molecule has 12 rings (SSSR count). The van der Waals surface area contributed by atoms with Crippen molar-refractivity contribution in [3.8, 4) is 16.9 Å². The van der Waals surface area contributed by atoms with Gasteiger partial charge in [-0.3, -0.25) is 33.7 Å². The van der Waals surface area contributed by atoms with Gasteiger partial charge in [0, 0.05) is 190 Å². The molecule has 5 fully saturated rings. The number of allylic oxidation sites excluding steroid dienone is 5. The second kappa shape index (κ2) is 48.6. The summed E-state index contributed by atoms with van der Waals surface area (Å²) >= 11 is 0. The monoisotopic (exact) mass is 1910 g/mol. The number of amides is 5. The van der Waals surface area contributed by atoms with E-state index in [-0.39, 0.29) is 112 Å². The third-order valence-corrected chi connectivity index (χ3v) is 29.3. The topological polar surface area (TPSA) is 439 Å². The predicted octanol–water partition coefficient (Wildman–Crippen LogP) is 8.69. The van der Waals surface area contributed by atoms with Gasteiger partial charge in [-0.25, -0.2) is 47.3 Å². The molecule has 5 aromatic rings. The minimum Gasteiger partial charge on any atom is -0.491 e. The summed E-state index contributed by atoms with van der Waals surface area (Å²) in [6, 6.07) is 10.3. The summed E-state index contributed by atoms with van der Waals surface area (Å²) in [7, 11) is 0.231. The number of aliphatic hydroxyl groups is 3. The second-order valence-electron chi connectivity index (χ2n) is 37.2. The lowest BCUT2D eigenvalue weighted by molar-refractivity contribution is -0.265. The number of Topliss-reactive ketones (excluding diaryl/α,β-unsaturated/α-hetero) is 2. The van der Waals surface area contributed by atoms with Crippen LogP contribution in [-0.2, 0) is 80.1 Å². The third-order valence-electron chi connectivity index (χ3n) is 27.5. The molecule has 740 valence electrons. The molecule has 136 heavy (non-hydrogen) atoms. The zero-order valence-corrected chi connectivity index (χ0v) is 80.8. The lowest BCUT2D eigenvalue weighted by Crippen LogP contribution is -2.61. The molecule has 1 saturated carbocycles. The molecule has 37 heteroatoms. The van der Waals surface area contributed by atoms with Crippen molar-refractivity contribution in [1.82, 2.24) is 55.2 Å². The largest absolute Gasteiger partial charge is 0.491 e. The van der Waals surface area contributed by atoms with E-state index in [1.165, 1.54) is 42.3 Å². The maximum absolute atomic E-state index is 16.0. The number of ether oxygens (including phenoxy) is 8.